The molecule has 2 bridgehead atoms. The summed E-state index contributed by atoms with van der Waals surface area (Å²) in [5, 5.41) is 15.8. The summed E-state index contributed by atoms with van der Waals surface area (Å²) in [6, 6.07) is 5.72. The van der Waals surface area contributed by atoms with E-state index in [0.29, 0.717) is 17.6 Å². The fourth-order valence-electron chi connectivity index (χ4n) is 2.93. The molecule has 0 aromatic heterocycles. The molecule has 3 rings (SSSR count). The summed E-state index contributed by atoms with van der Waals surface area (Å²) < 4.78 is 0. The van der Waals surface area contributed by atoms with Crippen molar-refractivity contribution in [3.8, 4) is 5.75 Å². The monoisotopic (exact) mass is 247 g/mol. The van der Waals surface area contributed by atoms with Gasteiger partial charge < -0.3 is 21.5 Å². The Morgan fingerprint density at radius 3 is 2.89 bits per heavy atom. The Hall–Kier alpha value is -1.75. The molecule has 5 nitrogen and oxygen atoms in total. The number of carbonyl (C=O) groups excluding carboxylic acids is 1. The molecule has 1 aromatic carbocycles. The minimum absolute atomic E-state index is 0.00754. The van der Waals surface area contributed by atoms with E-state index in [0.717, 1.165) is 12.8 Å². The third-order valence-electron chi connectivity index (χ3n) is 3.91. The van der Waals surface area contributed by atoms with Crippen LogP contribution in [0.2, 0.25) is 0 Å². The summed E-state index contributed by atoms with van der Waals surface area (Å²) in [6.07, 6.45) is 3.35. The zero-order valence-electron chi connectivity index (χ0n) is 10.0. The molecule has 3 atom stereocenters. The van der Waals surface area contributed by atoms with Crippen LogP contribution in [0, 0.1) is 0 Å². The maximum Gasteiger partial charge on any atom is 0.251 e. The summed E-state index contributed by atoms with van der Waals surface area (Å²) in [4.78, 5) is 12.1. The Labute approximate surface area is 105 Å². The number of nitrogen functional groups attached to an aromatic ring is 1. The standard InChI is InChI=1S/C13H17N3O2/c14-9-5-7(1-4-12(9)17)13(18)16-11-6-8-2-3-10(11)15-8/h1,4-5,8,10-11,15,17H,2-3,6,14H2,(H,16,18)/t8?,10?,11-/m1/s1. The number of nitrogens with two attached hydrogens (primary N) is 1. The first-order valence-corrected chi connectivity index (χ1v) is 6.29. The van der Waals surface area contributed by atoms with Crippen molar-refractivity contribution in [1.29, 1.82) is 0 Å². The molecule has 0 spiro atoms. The highest BCUT2D eigenvalue weighted by atomic mass is 16.3. The molecule has 0 radical (unpaired) electrons. The molecule has 2 aliphatic rings. The number of hydrogen-bond donors (Lipinski definition) is 4. The van der Waals surface area contributed by atoms with Gasteiger partial charge in [-0.2, -0.15) is 0 Å². The fourth-order valence-corrected chi connectivity index (χ4v) is 2.93. The summed E-state index contributed by atoms with van der Waals surface area (Å²) in [6.45, 7) is 0. The molecule has 96 valence electrons. The van der Waals surface area contributed by atoms with E-state index in [4.69, 9.17) is 5.73 Å². The molecule has 5 N–H and O–H groups in total. The zero-order valence-corrected chi connectivity index (χ0v) is 10.0. The lowest BCUT2D eigenvalue weighted by Gasteiger charge is -2.21. The topological polar surface area (TPSA) is 87.4 Å². The summed E-state index contributed by atoms with van der Waals surface area (Å²) >= 11 is 0. The smallest absolute Gasteiger partial charge is 0.251 e. The van der Waals surface area contributed by atoms with Crippen LogP contribution in [0.4, 0.5) is 5.69 Å². The van der Waals surface area contributed by atoms with Crippen LogP contribution >= 0.6 is 0 Å². The van der Waals surface area contributed by atoms with Gasteiger partial charge in [0.2, 0.25) is 0 Å². The van der Waals surface area contributed by atoms with E-state index in [1.54, 1.807) is 6.07 Å². The molecule has 18 heavy (non-hydrogen) atoms. The van der Waals surface area contributed by atoms with E-state index >= 15 is 0 Å². The van der Waals surface area contributed by atoms with E-state index in [1.807, 2.05) is 0 Å². The van der Waals surface area contributed by atoms with Gasteiger partial charge in [0.15, 0.2) is 0 Å². The van der Waals surface area contributed by atoms with Crippen LogP contribution in [0.5, 0.6) is 5.75 Å². The third-order valence-corrected chi connectivity index (χ3v) is 3.91. The van der Waals surface area contributed by atoms with Crippen LogP contribution in [0.25, 0.3) is 0 Å². The van der Waals surface area contributed by atoms with Crippen LogP contribution in [-0.4, -0.2) is 29.1 Å². The molecule has 2 heterocycles. The number of rotatable bonds is 2. The number of amides is 1. The van der Waals surface area contributed by atoms with E-state index in [9.17, 15) is 9.90 Å². The molecule has 0 aliphatic carbocycles. The number of phenols is 1. The lowest BCUT2D eigenvalue weighted by Crippen LogP contribution is -2.42. The highest BCUT2D eigenvalue weighted by Crippen LogP contribution is 2.28. The lowest BCUT2D eigenvalue weighted by molar-refractivity contribution is 0.0931. The third kappa shape index (κ3) is 1.90. The van der Waals surface area contributed by atoms with Crippen molar-refractivity contribution in [2.75, 3.05) is 5.73 Å². The SMILES string of the molecule is Nc1cc(C(=O)N[C@@H]2CC3CCC2N3)ccc1O. The number of hydrogen-bond acceptors (Lipinski definition) is 4. The molecule has 0 saturated carbocycles. The molecular weight excluding hydrogens is 230 g/mol. The van der Waals surface area contributed by atoms with Gasteiger partial charge in [-0.1, -0.05) is 0 Å². The zero-order chi connectivity index (χ0) is 12.7. The maximum atomic E-state index is 12.1. The van der Waals surface area contributed by atoms with E-state index < -0.39 is 0 Å². The fraction of sp³-hybridized carbons (Fsp3) is 0.462. The summed E-state index contributed by atoms with van der Waals surface area (Å²) in [5.74, 6) is -0.116. The molecule has 2 fully saturated rings. The summed E-state index contributed by atoms with van der Waals surface area (Å²) in [5.41, 5.74) is 6.31. The second kappa shape index (κ2) is 4.17. The van der Waals surface area contributed by atoms with Crippen molar-refractivity contribution in [2.24, 2.45) is 0 Å². The van der Waals surface area contributed by atoms with Gasteiger partial charge in [0.1, 0.15) is 5.75 Å². The molecular formula is C13H17N3O2. The van der Waals surface area contributed by atoms with Gasteiger partial charge in [0, 0.05) is 23.7 Å². The normalized spacial score (nSPS) is 29.4. The Morgan fingerprint density at radius 1 is 1.44 bits per heavy atom. The average molecular weight is 247 g/mol. The van der Waals surface area contributed by atoms with Gasteiger partial charge in [0.25, 0.3) is 5.91 Å². The second-order valence-corrected chi connectivity index (χ2v) is 5.14. The van der Waals surface area contributed by atoms with Crippen molar-refractivity contribution >= 4 is 11.6 Å². The van der Waals surface area contributed by atoms with Crippen molar-refractivity contribution in [2.45, 2.75) is 37.4 Å². The Kier molecular flexibility index (Phi) is 2.63. The van der Waals surface area contributed by atoms with Crippen LogP contribution in [0.15, 0.2) is 18.2 Å². The van der Waals surface area contributed by atoms with Crippen LogP contribution < -0.4 is 16.4 Å². The number of carbonyl (C=O) groups is 1. The van der Waals surface area contributed by atoms with Gasteiger partial charge in [-0.25, -0.2) is 0 Å². The second-order valence-electron chi connectivity index (χ2n) is 5.14. The van der Waals surface area contributed by atoms with E-state index in [2.05, 4.69) is 10.6 Å². The first-order valence-electron chi connectivity index (χ1n) is 6.29. The minimum atomic E-state index is -0.124. The molecule has 2 saturated heterocycles. The summed E-state index contributed by atoms with van der Waals surface area (Å²) in [7, 11) is 0. The first-order chi connectivity index (χ1) is 8.63. The molecule has 1 aromatic rings. The highest BCUT2D eigenvalue weighted by molar-refractivity contribution is 5.95. The van der Waals surface area contributed by atoms with Gasteiger partial charge in [-0.05, 0) is 37.5 Å². The molecule has 5 heteroatoms. The average Bonchev–Trinajstić information content (AvgIpc) is 2.94. The van der Waals surface area contributed by atoms with Crippen LogP contribution in [0.1, 0.15) is 29.6 Å². The van der Waals surface area contributed by atoms with Gasteiger partial charge in [-0.15, -0.1) is 0 Å². The Balaban J connectivity index is 1.69. The molecule has 2 aliphatic heterocycles. The van der Waals surface area contributed by atoms with Crippen molar-refractivity contribution in [3.05, 3.63) is 23.8 Å². The van der Waals surface area contributed by atoms with Crippen molar-refractivity contribution in [1.82, 2.24) is 10.6 Å². The predicted octanol–water partition coefficient (Wildman–Crippen LogP) is 0.597. The lowest BCUT2D eigenvalue weighted by atomic mass is 9.95. The largest absolute Gasteiger partial charge is 0.506 e. The highest BCUT2D eigenvalue weighted by Gasteiger charge is 2.39. The Morgan fingerprint density at radius 2 is 2.28 bits per heavy atom. The number of phenolic OH excluding ortho intramolecular Hbond substituents is 1. The maximum absolute atomic E-state index is 12.1. The first kappa shape index (κ1) is 11.3. The molecule has 1 amide bonds. The predicted molar refractivity (Wildman–Crippen MR) is 68.3 cm³/mol. The molecule has 2 unspecified atom stereocenters. The van der Waals surface area contributed by atoms with Crippen molar-refractivity contribution in [3.63, 3.8) is 0 Å². The van der Waals surface area contributed by atoms with Crippen molar-refractivity contribution < 1.29 is 9.90 Å². The number of anilines is 1. The number of benzene rings is 1. The van der Waals surface area contributed by atoms with E-state index in [-0.39, 0.29) is 23.4 Å². The van der Waals surface area contributed by atoms with Gasteiger partial charge in [0.05, 0.1) is 5.69 Å². The number of aromatic hydroxyl groups is 1. The number of fused-ring (bicyclic) bond motifs is 2. The van der Waals surface area contributed by atoms with E-state index in [1.165, 1.54) is 18.6 Å². The van der Waals surface area contributed by atoms with Crippen LogP contribution in [0.3, 0.4) is 0 Å². The quantitative estimate of drug-likeness (QED) is 0.455. The van der Waals surface area contributed by atoms with Crippen LogP contribution in [-0.2, 0) is 0 Å². The number of nitrogens with one attached hydrogen (secondary N) is 2. The van der Waals surface area contributed by atoms with Gasteiger partial charge >= 0.3 is 0 Å². The minimum Gasteiger partial charge on any atom is -0.506 e. The van der Waals surface area contributed by atoms with Gasteiger partial charge in [-0.3, -0.25) is 4.79 Å². The Bertz CT molecular complexity index is 489.